The van der Waals surface area contributed by atoms with Crippen LogP contribution in [-0.4, -0.2) is 50.0 Å². The predicted molar refractivity (Wildman–Crippen MR) is 108 cm³/mol. The number of hydrogen-bond donors (Lipinski definition) is 2. The van der Waals surface area contributed by atoms with E-state index in [0.717, 1.165) is 26.1 Å². The Morgan fingerprint density at radius 2 is 2.12 bits per heavy atom. The summed E-state index contributed by atoms with van der Waals surface area (Å²) in [5.74, 6) is 3.73. The number of terminal acetylenes is 1. The van der Waals surface area contributed by atoms with E-state index in [1.165, 1.54) is 5.56 Å². The van der Waals surface area contributed by atoms with Gasteiger partial charge in [0.15, 0.2) is 5.96 Å². The average molecular weight is 440 g/mol. The molecule has 130 valence electrons. The van der Waals surface area contributed by atoms with E-state index < -0.39 is 0 Å². The lowest BCUT2D eigenvalue weighted by Crippen LogP contribution is -2.40. The van der Waals surface area contributed by atoms with E-state index in [0.29, 0.717) is 24.8 Å². The van der Waals surface area contributed by atoms with Crippen LogP contribution in [0.1, 0.15) is 12.0 Å². The van der Waals surface area contributed by atoms with Crippen molar-refractivity contribution in [1.29, 1.82) is 0 Å². The summed E-state index contributed by atoms with van der Waals surface area (Å²) in [6.07, 6.45) is 6.71. The normalized spacial score (nSPS) is 17.2. The Kier molecular flexibility index (Phi) is 9.23. The summed E-state index contributed by atoms with van der Waals surface area (Å²) in [5.41, 5.74) is 1.26. The number of amides is 1. The number of carbonyl (C=O) groups is 1. The number of hydrogen-bond acceptors (Lipinski definition) is 2. The molecule has 1 amide bonds. The second kappa shape index (κ2) is 10.9. The molecule has 1 fully saturated rings. The van der Waals surface area contributed by atoms with Crippen molar-refractivity contribution < 1.29 is 4.79 Å². The molecule has 6 heteroatoms. The molecule has 1 atom stereocenters. The van der Waals surface area contributed by atoms with Gasteiger partial charge in [0.25, 0.3) is 0 Å². The number of aliphatic imine (C=N–C) groups is 1. The molecule has 2 N–H and O–H groups in total. The van der Waals surface area contributed by atoms with Crippen LogP contribution in [0, 0.1) is 18.3 Å². The highest BCUT2D eigenvalue weighted by Gasteiger charge is 2.29. The molecular weight excluding hydrogens is 415 g/mol. The van der Waals surface area contributed by atoms with E-state index in [4.69, 9.17) is 6.42 Å². The Hall–Kier alpha value is -1.75. The Morgan fingerprint density at radius 3 is 2.79 bits per heavy atom. The van der Waals surface area contributed by atoms with E-state index in [9.17, 15) is 4.79 Å². The molecule has 1 unspecified atom stereocenters. The standard InChI is InChI=1S/C18H24N4O.HI/c1-3-10-20-18(19-2)21-13-16-12-17(23)22(14-16)11-9-15-7-5-4-6-8-15;/h1,4-8,16H,9-14H2,2H3,(H2,19,20,21);1H. The Morgan fingerprint density at radius 1 is 1.38 bits per heavy atom. The third-order valence-electron chi connectivity index (χ3n) is 3.95. The molecule has 1 aromatic carbocycles. The Balaban J connectivity index is 0.00000288. The van der Waals surface area contributed by atoms with Crippen molar-refractivity contribution in [1.82, 2.24) is 15.5 Å². The van der Waals surface area contributed by atoms with Gasteiger partial charge in [-0.1, -0.05) is 36.3 Å². The van der Waals surface area contributed by atoms with E-state index >= 15 is 0 Å². The van der Waals surface area contributed by atoms with Crippen LogP contribution in [-0.2, 0) is 11.2 Å². The van der Waals surface area contributed by atoms with Crippen LogP contribution in [0.3, 0.4) is 0 Å². The lowest BCUT2D eigenvalue weighted by Gasteiger charge is -2.17. The van der Waals surface area contributed by atoms with Crippen molar-refractivity contribution in [2.24, 2.45) is 10.9 Å². The zero-order chi connectivity index (χ0) is 16.5. The van der Waals surface area contributed by atoms with Gasteiger partial charge in [-0.25, -0.2) is 0 Å². The molecule has 0 aromatic heterocycles. The molecule has 0 aliphatic carbocycles. The van der Waals surface area contributed by atoms with Crippen LogP contribution in [0.5, 0.6) is 0 Å². The molecular formula is C18H25IN4O. The summed E-state index contributed by atoms with van der Waals surface area (Å²) in [6.45, 7) is 2.73. The Labute approximate surface area is 161 Å². The van der Waals surface area contributed by atoms with Crippen LogP contribution in [0.25, 0.3) is 0 Å². The minimum Gasteiger partial charge on any atom is -0.356 e. The zero-order valence-corrected chi connectivity index (χ0v) is 16.3. The first-order chi connectivity index (χ1) is 11.2. The predicted octanol–water partition coefficient (Wildman–Crippen LogP) is 1.49. The fourth-order valence-corrected chi connectivity index (χ4v) is 2.71. The highest BCUT2D eigenvalue weighted by Crippen LogP contribution is 2.17. The molecule has 1 saturated heterocycles. The number of halogens is 1. The first-order valence-electron chi connectivity index (χ1n) is 7.92. The lowest BCUT2D eigenvalue weighted by atomic mass is 10.1. The molecule has 0 radical (unpaired) electrons. The number of benzene rings is 1. The number of carbonyl (C=O) groups excluding carboxylic acids is 1. The third kappa shape index (κ3) is 6.40. The topological polar surface area (TPSA) is 56.7 Å². The summed E-state index contributed by atoms with van der Waals surface area (Å²) in [4.78, 5) is 18.2. The van der Waals surface area contributed by atoms with Gasteiger partial charge in [-0.2, -0.15) is 0 Å². The zero-order valence-electron chi connectivity index (χ0n) is 14.0. The summed E-state index contributed by atoms with van der Waals surface area (Å²) in [6, 6.07) is 10.3. The van der Waals surface area contributed by atoms with Crippen LogP contribution in [0.15, 0.2) is 35.3 Å². The smallest absolute Gasteiger partial charge is 0.223 e. The monoisotopic (exact) mass is 440 g/mol. The molecule has 0 spiro atoms. The molecule has 1 aliphatic heterocycles. The van der Waals surface area contributed by atoms with Crippen LogP contribution in [0.4, 0.5) is 0 Å². The van der Waals surface area contributed by atoms with Gasteiger partial charge in [-0.05, 0) is 12.0 Å². The van der Waals surface area contributed by atoms with E-state index in [-0.39, 0.29) is 29.9 Å². The van der Waals surface area contributed by atoms with Crippen molar-refractivity contribution in [3.8, 4) is 12.3 Å². The van der Waals surface area contributed by atoms with E-state index in [2.05, 4.69) is 33.7 Å². The molecule has 0 saturated carbocycles. The van der Waals surface area contributed by atoms with Crippen molar-refractivity contribution in [3.05, 3.63) is 35.9 Å². The van der Waals surface area contributed by atoms with Gasteiger partial charge < -0.3 is 15.5 Å². The Bertz CT molecular complexity index is 582. The third-order valence-corrected chi connectivity index (χ3v) is 3.95. The van der Waals surface area contributed by atoms with Gasteiger partial charge in [0.2, 0.25) is 5.91 Å². The van der Waals surface area contributed by atoms with Crippen molar-refractivity contribution in [3.63, 3.8) is 0 Å². The van der Waals surface area contributed by atoms with Gasteiger partial charge in [0.05, 0.1) is 6.54 Å². The number of likely N-dealkylation sites (tertiary alicyclic amines) is 1. The van der Waals surface area contributed by atoms with Gasteiger partial charge in [0, 0.05) is 39.0 Å². The summed E-state index contributed by atoms with van der Waals surface area (Å²) in [7, 11) is 1.71. The summed E-state index contributed by atoms with van der Waals surface area (Å²) < 4.78 is 0. The molecule has 2 rings (SSSR count). The fraction of sp³-hybridized carbons (Fsp3) is 0.444. The quantitative estimate of drug-likeness (QED) is 0.305. The first-order valence-corrected chi connectivity index (χ1v) is 7.92. The van der Waals surface area contributed by atoms with E-state index in [1.807, 2.05) is 23.1 Å². The number of guanidine groups is 1. The highest BCUT2D eigenvalue weighted by atomic mass is 127. The second-order valence-electron chi connectivity index (χ2n) is 5.66. The maximum absolute atomic E-state index is 12.1. The van der Waals surface area contributed by atoms with Crippen molar-refractivity contribution >= 4 is 35.8 Å². The van der Waals surface area contributed by atoms with Crippen LogP contribution < -0.4 is 10.6 Å². The number of rotatable bonds is 6. The van der Waals surface area contributed by atoms with Crippen molar-refractivity contribution in [2.75, 3.05) is 33.2 Å². The van der Waals surface area contributed by atoms with Gasteiger partial charge in [0.1, 0.15) is 0 Å². The number of nitrogens with one attached hydrogen (secondary N) is 2. The SMILES string of the molecule is C#CCNC(=NC)NCC1CC(=O)N(CCc2ccccc2)C1.I. The minimum atomic E-state index is 0. The van der Waals surface area contributed by atoms with Gasteiger partial charge in [-0.15, -0.1) is 30.4 Å². The molecule has 1 aliphatic rings. The second-order valence-corrected chi connectivity index (χ2v) is 5.66. The molecule has 1 heterocycles. The van der Waals surface area contributed by atoms with E-state index in [1.54, 1.807) is 7.05 Å². The summed E-state index contributed by atoms with van der Waals surface area (Å²) >= 11 is 0. The van der Waals surface area contributed by atoms with Gasteiger partial charge in [-0.3, -0.25) is 9.79 Å². The molecule has 1 aromatic rings. The maximum atomic E-state index is 12.1. The summed E-state index contributed by atoms with van der Waals surface area (Å²) in [5, 5.41) is 6.24. The highest BCUT2D eigenvalue weighted by molar-refractivity contribution is 14.0. The average Bonchev–Trinajstić information content (AvgIpc) is 2.94. The first kappa shape index (κ1) is 20.3. The molecule has 24 heavy (non-hydrogen) atoms. The largest absolute Gasteiger partial charge is 0.356 e. The maximum Gasteiger partial charge on any atom is 0.223 e. The van der Waals surface area contributed by atoms with Crippen LogP contribution in [0.2, 0.25) is 0 Å². The molecule has 0 bridgehead atoms. The fourth-order valence-electron chi connectivity index (χ4n) is 2.71. The molecule has 5 nitrogen and oxygen atoms in total. The van der Waals surface area contributed by atoms with Crippen molar-refractivity contribution in [2.45, 2.75) is 12.8 Å². The minimum absolute atomic E-state index is 0. The lowest BCUT2D eigenvalue weighted by molar-refractivity contribution is -0.127. The van der Waals surface area contributed by atoms with Crippen LogP contribution >= 0.6 is 24.0 Å². The van der Waals surface area contributed by atoms with Gasteiger partial charge >= 0.3 is 0 Å². The number of nitrogens with zero attached hydrogens (tertiary/aromatic N) is 2.